The fourth-order valence-electron chi connectivity index (χ4n) is 1.58. The van der Waals surface area contributed by atoms with Crippen LogP contribution in [0.1, 0.15) is 16.7 Å². The molecule has 0 nitrogen and oxygen atoms in total. The Morgan fingerprint density at radius 1 is 0.706 bits per heavy atom. The van der Waals surface area contributed by atoms with Gasteiger partial charge in [-0.3, -0.25) is 0 Å². The van der Waals surface area contributed by atoms with Crippen LogP contribution in [0.2, 0.25) is 0 Å². The Hall–Kier alpha value is -1.12. The van der Waals surface area contributed by atoms with Gasteiger partial charge in [-0.05, 0) is 18.1 Å². The summed E-state index contributed by atoms with van der Waals surface area (Å²) in [6, 6.07) is 18.4. The van der Waals surface area contributed by atoms with Gasteiger partial charge in [0.1, 0.15) is 0 Å². The van der Waals surface area contributed by atoms with Crippen LogP contribution >= 0.6 is 25.3 Å². The lowest BCUT2D eigenvalue weighted by Gasteiger charge is -2.07. The van der Waals surface area contributed by atoms with Crippen molar-refractivity contribution in [3.8, 4) is 0 Å². The molecule has 2 rings (SSSR count). The summed E-state index contributed by atoms with van der Waals surface area (Å²) in [4.78, 5) is 1.80. The summed E-state index contributed by atoms with van der Waals surface area (Å²) in [5.74, 6) is 0. The van der Waals surface area contributed by atoms with E-state index in [9.17, 15) is 0 Å². The minimum Gasteiger partial charge on any atom is -0.142 e. The summed E-state index contributed by atoms with van der Waals surface area (Å²) < 4.78 is 0. The van der Waals surface area contributed by atoms with Crippen LogP contribution in [-0.2, 0) is 0 Å². The van der Waals surface area contributed by atoms with Gasteiger partial charge in [0.15, 0.2) is 0 Å². The number of aryl methyl sites for hydroxylation is 1. The third kappa shape index (κ3) is 2.96. The molecule has 0 heterocycles. The smallest absolute Gasteiger partial charge is 0.0253 e. The van der Waals surface area contributed by atoms with Gasteiger partial charge in [0.2, 0.25) is 0 Å². The predicted molar refractivity (Wildman–Crippen MR) is 82.4 cm³/mol. The van der Waals surface area contributed by atoms with E-state index in [1.54, 1.807) is 0 Å². The van der Waals surface area contributed by atoms with E-state index in [0.717, 1.165) is 20.9 Å². The fourth-order valence-corrected chi connectivity index (χ4v) is 2.14. The van der Waals surface area contributed by atoms with Crippen molar-refractivity contribution in [2.24, 2.45) is 0 Å². The number of benzene rings is 2. The predicted octanol–water partition coefficient (Wildman–Crippen LogP) is 4.68. The summed E-state index contributed by atoms with van der Waals surface area (Å²) in [5.41, 5.74) is 3.42. The Bertz CT molecular complexity index is 525. The van der Waals surface area contributed by atoms with Gasteiger partial charge in [-0.15, -0.1) is 25.3 Å². The minimum atomic E-state index is 0.901. The van der Waals surface area contributed by atoms with Crippen LogP contribution in [0.4, 0.5) is 0 Å². The second kappa shape index (κ2) is 5.48. The molecule has 0 bridgehead atoms. The van der Waals surface area contributed by atoms with Crippen LogP contribution < -0.4 is 0 Å². The lowest BCUT2D eigenvalue weighted by molar-refractivity contribution is 1.46. The van der Waals surface area contributed by atoms with Crippen molar-refractivity contribution in [3.63, 3.8) is 0 Å². The van der Waals surface area contributed by atoms with Crippen LogP contribution in [0.5, 0.6) is 0 Å². The Kier molecular flexibility index (Phi) is 3.97. The van der Waals surface area contributed by atoms with Gasteiger partial charge >= 0.3 is 0 Å². The van der Waals surface area contributed by atoms with Crippen LogP contribution in [-0.4, -0.2) is 0 Å². The average molecular weight is 258 g/mol. The lowest BCUT2D eigenvalue weighted by Crippen LogP contribution is -1.83. The van der Waals surface area contributed by atoms with Crippen molar-refractivity contribution in [2.75, 3.05) is 0 Å². The van der Waals surface area contributed by atoms with Crippen LogP contribution in [0.15, 0.2) is 54.6 Å². The topological polar surface area (TPSA) is 0 Å². The molecular formula is C15H14S2. The highest BCUT2D eigenvalue weighted by atomic mass is 32.1. The first-order chi connectivity index (χ1) is 8.18. The van der Waals surface area contributed by atoms with E-state index >= 15 is 0 Å². The maximum absolute atomic E-state index is 4.56. The summed E-state index contributed by atoms with van der Waals surface area (Å²) >= 11 is 9.12. The SMILES string of the molecule is Cc1ccc(C(S)=C(S)c2ccccc2)cc1. The summed E-state index contributed by atoms with van der Waals surface area (Å²) in [7, 11) is 0. The van der Waals surface area contributed by atoms with Gasteiger partial charge in [-0.2, -0.15) is 0 Å². The summed E-state index contributed by atoms with van der Waals surface area (Å²) in [6.07, 6.45) is 0. The number of hydrogen-bond donors (Lipinski definition) is 2. The minimum absolute atomic E-state index is 0.901. The van der Waals surface area contributed by atoms with E-state index in [4.69, 9.17) is 0 Å². The molecule has 0 aliphatic rings. The number of hydrogen-bond acceptors (Lipinski definition) is 2. The molecule has 0 amide bonds. The zero-order valence-electron chi connectivity index (χ0n) is 9.59. The molecule has 0 aromatic heterocycles. The lowest BCUT2D eigenvalue weighted by atomic mass is 10.1. The van der Waals surface area contributed by atoms with Gasteiger partial charge in [0.25, 0.3) is 0 Å². The molecule has 17 heavy (non-hydrogen) atoms. The Morgan fingerprint density at radius 2 is 1.18 bits per heavy atom. The number of rotatable bonds is 2. The monoisotopic (exact) mass is 258 g/mol. The standard InChI is InChI=1S/C15H14S2/c1-11-7-9-13(10-8-11)15(17)14(16)12-5-3-2-4-6-12/h2-10,16-17H,1H3. The highest BCUT2D eigenvalue weighted by molar-refractivity contribution is 7.96. The average Bonchev–Trinajstić information content (AvgIpc) is 2.39. The molecule has 0 unspecified atom stereocenters. The van der Waals surface area contributed by atoms with Crippen LogP contribution in [0, 0.1) is 6.92 Å². The Labute approximate surface area is 113 Å². The third-order valence-corrected chi connectivity index (χ3v) is 3.74. The van der Waals surface area contributed by atoms with Crippen molar-refractivity contribution < 1.29 is 0 Å². The first-order valence-electron chi connectivity index (χ1n) is 5.43. The van der Waals surface area contributed by atoms with Gasteiger partial charge in [0, 0.05) is 9.81 Å². The van der Waals surface area contributed by atoms with Crippen molar-refractivity contribution in [1.29, 1.82) is 0 Å². The van der Waals surface area contributed by atoms with Gasteiger partial charge < -0.3 is 0 Å². The van der Waals surface area contributed by atoms with E-state index < -0.39 is 0 Å². The van der Waals surface area contributed by atoms with Gasteiger partial charge in [-0.1, -0.05) is 60.2 Å². The molecule has 0 N–H and O–H groups in total. The summed E-state index contributed by atoms with van der Waals surface area (Å²) in [5, 5.41) is 0. The molecule has 86 valence electrons. The fraction of sp³-hybridized carbons (Fsp3) is 0.0667. The largest absolute Gasteiger partial charge is 0.142 e. The van der Waals surface area contributed by atoms with Gasteiger partial charge in [0.05, 0.1) is 0 Å². The van der Waals surface area contributed by atoms with E-state index in [1.807, 2.05) is 30.3 Å². The third-order valence-electron chi connectivity index (χ3n) is 2.60. The summed E-state index contributed by atoms with van der Waals surface area (Å²) in [6.45, 7) is 2.07. The van der Waals surface area contributed by atoms with Crippen molar-refractivity contribution in [2.45, 2.75) is 6.92 Å². The molecule has 0 saturated carbocycles. The zero-order valence-corrected chi connectivity index (χ0v) is 11.4. The molecule has 0 fully saturated rings. The maximum Gasteiger partial charge on any atom is 0.0253 e. The van der Waals surface area contributed by atoms with Crippen molar-refractivity contribution >= 4 is 35.1 Å². The zero-order chi connectivity index (χ0) is 12.3. The van der Waals surface area contributed by atoms with E-state index in [1.165, 1.54) is 5.56 Å². The van der Waals surface area contributed by atoms with E-state index in [2.05, 4.69) is 56.4 Å². The molecule has 0 atom stereocenters. The first-order valence-corrected chi connectivity index (χ1v) is 6.32. The molecule has 0 saturated heterocycles. The van der Waals surface area contributed by atoms with Crippen LogP contribution in [0.25, 0.3) is 9.81 Å². The Morgan fingerprint density at radius 3 is 1.71 bits per heavy atom. The van der Waals surface area contributed by atoms with E-state index in [0.29, 0.717) is 0 Å². The van der Waals surface area contributed by atoms with Crippen molar-refractivity contribution in [3.05, 3.63) is 71.3 Å². The van der Waals surface area contributed by atoms with Crippen LogP contribution in [0.3, 0.4) is 0 Å². The Balaban J connectivity index is 2.41. The molecule has 0 radical (unpaired) electrons. The molecule has 0 aliphatic carbocycles. The molecule has 2 heteroatoms. The molecule has 2 aromatic rings. The highest BCUT2D eigenvalue weighted by Crippen LogP contribution is 2.31. The normalized spacial score (nSPS) is 12.2. The molecule has 2 aromatic carbocycles. The van der Waals surface area contributed by atoms with Gasteiger partial charge in [-0.25, -0.2) is 0 Å². The second-order valence-corrected chi connectivity index (χ2v) is 4.82. The van der Waals surface area contributed by atoms with Crippen molar-refractivity contribution in [1.82, 2.24) is 0 Å². The quantitative estimate of drug-likeness (QED) is 0.567. The molecule has 0 aliphatic heterocycles. The molecule has 0 spiro atoms. The second-order valence-electron chi connectivity index (χ2n) is 3.93. The number of thiol groups is 2. The highest BCUT2D eigenvalue weighted by Gasteiger charge is 2.04. The van der Waals surface area contributed by atoms with E-state index in [-0.39, 0.29) is 0 Å². The molecular weight excluding hydrogens is 244 g/mol. The maximum atomic E-state index is 4.56. The first kappa shape index (κ1) is 12.3.